The van der Waals surface area contributed by atoms with Crippen LogP contribution in [0.2, 0.25) is 0 Å². The first kappa shape index (κ1) is 11.7. The fraction of sp³-hybridized carbons (Fsp3) is 0.357. The van der Waals surface area contributed by atoms with E-state index in [0.29, 0.717) is 5.39 Å². The lowest BCUT2D eigenvalue weighted by Crippen LogP contribution is -2.06. The average Bonchev–Trinajstić information content (AvgIpc) is 2.30. The topological polar surface area (TPSA) is 42.1 Å². The summed E-state index contributed by atoms with van der Waals surface area (Å²) in [4.78, 5) is 15.4. The smallest absolute Gasteiger partial charge is 0.189 e. The van der Waals surface area contributed by atoms with Gasteiger partial charge in [0.2, 0.25) is 0 Å². The molecule has 0 amide bonds. The van der Waals surface area contributed by atoms with Crippen molar-refractivity contribution < 1.29 is 4.74 Å². The molecule has 1 aromatic heterocycles. The van der Waals surface area contributed by atoms with Gasteiger partial charge in [-0.3, -0.25) is 4.79 Å². The molecule has 0 fully saturated rings. The molecule has 3 heteroatoms. The van der Waals surface area contributed by atoms with Crippen molar-refractivity contribution in [3.63, 3.8) is 0 Å². The molecule has 1 heterocycles. The molecule has 0 radical (unpaired) electrons. The molecule has 90 valence electrons. The van der Waals surface area contributed by atoms with Gasteiger partial charge in [-0.1, -0.05) is 13.3 Å². The molecule has 0 aliphatic heterocycles. The van der Waals surface area contributed by atoms with Crippen molar-refractivity contribution in [3.8, 4) is 5.75 Å². The minimum absolute atomic E-state index is 0.0594. The van der Waals surface area contributed by atoms with Crippen molar-refractivity contribution in [2.45, 2.75) is 26.7 Å². The van der Waals surface area contributed by atoms with Gasteiger partial charge in [0.1, 0.15) is 5.75 Å². The number of aromatic amines is 1. The fourth-order valence-electron chi connectivity index (χ4n) is 2.07. The van der Waals surface area contributed by atoms with Crippen LogP contribution in [0, 0.1) is 6.92 Å². The van der Waals surface area contributed by atoms with E-state index in [4.69, 9.17) is 4.74 Å². The lowest BCUT2D eigenvalue weighted by Gasteiger charge is -2.08. The minimum Gasteiger partial charge on any atom is -0.497 e. The molecule has 0 spiro atoms. The zero-order chi connectivity index (χ0) is 12.4. The van der Waals surface area contributed by atoms with Crippen molar-refractivity contribution >= 4 is 10.9 Å². The number of ether oxygens (including phenoxy) is 1. The number of fused-ring (bicyclic) bond motifs is 1. The highest BCUT2D eigenvalue weighted by molar-refractivity contribution is 5.83. The monoisotopic (exact) mass is 231 g/mol. The third-order valence-electron chi connectivity index (χ3n) is 2.92. The van der Waals surface area contributed by atoms with Crippen molar-refractivity contribution in [3.05, 3.63) is 39.7 Å². The number of aromatic nitrogens is 1. The van der Waals surface area contributed by atoms with Crippen LogP contribution in [0.4, 0.5) is 0 Å². The van der Waals surface area contributed by atoms with Crippen molar-refractivity contribution in [2.75, 3.05) is 7.11 Å². The summed E-state index contributed by atoms with van der Waals surface area (Å²) in [7, 11) is 1.61. The molecular weight excluding hydrogens is 214 g/mol. The van der Waals surface area contributed by atoms with Crippen LogP contribution in [0.25, 0.3) is 10.9 Å². The lowest BCUT2D eigenvalue weighted by atomic mass is 10.1. The second-order valence-corrected chi connectivity index (χ2v) is 4.28. The molecule has 0 bridgehead atoms. The van der Waals surface area contributed by atoms with Crippen molar-refractivity contribution in [1.82, 2.24) is 4.98 Å². The van der Waals surface area contributed by atoms with Crippen molar-refractivity contribution in [2.24, 2.45) is 0 Å². The van der Waals surface area contributed by atoms with E-state index < -0.39 is 0 Å². The first-order valence-corrected chi connectivity index (χ1v) is 5.86. The highest BCUT2D eigenvalue weighted by Crippen LogP contribution is 2.21. The van der Waals surface area contributed by atoms with Gasteiger partial charge in [-0.2, -0.15) is 0 Å². The summed E-state index contributed by atoms with van der Waals surface area (Å²) in [5, 5.41) is 0.696. The van der Waals surface area contributed by atoms with Crippen LogP contribution in [-0.2, 0) is 6.42 Å². The fourth-order valence-corrected chi connectivity index (χ4v) is 2.07. The predicted octanol–water partition coefficient (Wildman–Crippen LogP) is 2.80. The molecule has 17 heavy (non-hydrogen) atoms. The first-order chi connectivity index (χ1) is 8.15. The van der Waals surface area contributed by atoms with Crippen LogP contribution in [0.5, 0.6) is 5.75 Å². The van der Waals surface area contributed by atoms with Crippen LogP contribution in [0.3, 0.4) is 0 Å². The van der Waals surface area contributed by atoms with E-state index in [1.165, 1.54) is 0 Å². The lowest BCUT2D eigenvalue weighted by molar-refractivity contribution is 0.415. The van der Waals surface area contributed by atoms with Gasteiger partial charge in [0, 0.05) is 17.1 Å². The third kappa shape index (κ3) is 2.18. The third-order valence-corrected chi connectivity index (χ3v) is 2.92. The molecule has 2 rings (SSSR count). The van der Waals surface area contributed by atoms with E-state index in [-0.39, 0.29) is 5.43 Å². The summed E-state index contributed by atoms with van der Waals surface area (Å²) in [5.41, 5.74) is 3.01. The number of benzene rings is 1. The van der Waals surface area contributed by atoms with Crippen LogP contribution in [-0.4, -0.2) is 12.1 Å². The molecule has 1 N–H and O–H groups in total. The Hall–Kier alpha value is -1.77. The number of methoxy groups -OCH3 is 1. The zero-order valence-electron chi connectivity index (χ0n) is 10.5. The Morgan fingerprint density at radius 3 is 2.71 bits per heavy atom. The maximum Gasteiger partial charge on any atom is 0.189 e. The largest absolute Gasteiger partial charge is 0.497 e. The average molecular weight is 231 g/mol. The SMILES string of the molecule is CCCc1cc(=O)c2cc(OC)cc(C)c2[nH]1. The molecule has 0 saturated heterocycles. The van der Waals surface area contributed by atoms with E-state index in [1.54, 1.807) is 19.2 Å². The minimum atomic E-state index is 0.0594. The molecule has 2 aromatic rings. The number of pyridine rings is 1. The molecule has 0 aliphatic carbocycles. The summed E-state index contributed by atoms with van der Waals surface area (Å²) in [5.74, 6) is 0.726. The quantitative estimate of drug-likeness (QED) is 0.882. The molecule has 0 aliphatic rings. The molecule has 1 aromatic carbocycles. The summed E-state index contributed by atoms with van der Waals surface area (Å²) in [6.45, 7) is 4.08. The van der Waals surface area contributed by atoms with Gasteiger partial charge in [0.15, 0.2) is 5.43 Å². The second kappa shape index (κ2) is 4.62. The Morgan fingerprint density at radius 1 is 1.29 bits per heavy atom. The zero-order valence-corrected chi connectivity index (χ0v) is 10.5. The Bertz CT molecular complexity index is 599. The predicted molar refractivity (Wildman–Crippen MR) is 69.9 cm³/mol. The van der Waals surface area contributed by atoms with Gasteiger partial charge in [-0.15, -0.1) is 0 Å². The van der Waals surface area contributed by atoms with Gasteiger partial charge < -0.3 is 9.72 Å². The number of hydrogen-bond acceptors (Lipinski definition) is 2. The molecule has 0 unspecified atom stereocenters. The maximum absolute atomic E-state index is 12.0. The van der Waals surface area contributed by atoms with Gasteiger partial charge in [-0.25, -0.2) is 0 Å². The first-order valence-electron chi connectivity index (χ1n) is 5.86. The van der Waals surface area contributed by atoms with Crippen LogP contribution in [0.1, 0.15) is 24.6 Å². The number of nitrogens with one attached hydrogen (secondary N) is 1. The Balaban J connectivity index is 2.72. The Kier molecular flexibility index (Phi) is 3.18. The van der Waals surface area contributed by atoms with Crippen LogP contribution in [0.15, 0.2) is 23.0 Å². The van der Waals surface area contributed by atoms with E-state index in [9.17, 15) is 4.79 Å². The number of hydrogen-bond donors (Lipinski definition) is 1. The van der Waals surface area contributed by atoms with Gasteiger partial charge in [0.25, 0.3) is 0 Å². The molecule has 0 atom stereocenters. The normalized spacial score (nSPS) is 10.8. The van der Waals surface area contributed by atoms with E-state index >= 15 is 0 Å². The van der Waals surface area contributed by atoms with Crippen molar-refractivity contribution in [1.29, 1.82) is 0 Å². The summed E-state index contributed by atoms with van der Waals surface area (Å²) < 4.78 is 5.18. The highest BCUT2D eigenvalue weighted by Gasteiger charge is 2.06. The summed E-state index contributed by atoms with van der Waals surface area (Å²) in [6.07, 6.45) is 1.92. The van der Waals surface area contributed by atoms with E-state index in [2.05, 4.69) is 11.9 Å². The second-order valence-electron chi connectivity index (χ2n) is 4.28. The van der Waals surface area contributed by atoms with E-state index in [0.717, 1.165) is 35.4 Å². The van der Waals surface area contributed by atoms with E-state index in [1.807, 2.05) is 13.0 Å². The van der Waals surface area contributed by atoms with Crippen LogP contribution < -0.4 is 10.2 Å². The molecule has 3 nitrogen and oxygen atoms in total. The Morgan fingerprint density at radius 2 is 2.06 bits per heavy atom. The standard InChI is InChI=1S/C14H17NO2/c1-4-5-10-7-13(16)12-8-11(17-3)6-9(2)14(12)15-10/h6-8H,4-5H2,1-3H3,(H,15,16). The maximum atomic E-state index is 12.0. The summed E-state index contributed by atoms with van der Waals surface area (Å²) >= 11 is 0. The summed E-state index contributed by atoms with van der Waals surface area (Å²) in [6, 6.07) is 5.41. The number of rotatable bonds is 3. The Labute approximate surface area is 100 Å². The van der Waals surface area contributed by atoms with Gasteiger partial charge in [0.05, 0.1) is 12.6 Å². The molecular formula is C14H17NO2. The van der Waals surface area contributed by atoms with Crippen LogP contribution >= 0.6 is 0 Å². The van der Waals surface area contributed by atoms with Gasteiger partial charge >= 0.3 is 0 Å². The number of H-pyrrole nitrogens is 1. The molecule has 0 saturated carbocycles. The van der Waals surface area contributed by atoms with Gasteiger partial charge in [-0.05, 0) is 31.0 Å². The highest BCUT2D eigenvalue weighted by atomic mass is 16.5. The number of aryl methyl sites for hydroxylation is 2.